The van der Waals surface area contributed by atoms with Crippen molar-refractivity contribution in [3.05, 3.63) is 48.0 Å². The van der Waals surface area contributed by atoms with Gasteiger partial charge < -0.3 is 9.64 Å². The number of hydrogen-bond donors (Lipinski definition) is 1. The lowest BCUT2D eigenvalue weighted by molar-refractivity contribution is 0.470. The largest absolute Gasteiger partial charge is 0.453 e. The number of anilines is 2. The molecule has 0 fully saturated rings. The molecule has 0 bridgehead atoms. The molecule has 0 amide bonds. The Hall–Kier alpha value is -2.05. The summed E-state index contributed by atoms with van der Waals surface area (Å²) in [6.45, 7) is 2.66. The molecular formula is C19H23NO4S. The van der Waals surface area contributed by atoms with Gasteiger partial charge in [0.1, 0.15) is 0 Å². The molecule has 1 N–H and O–H groups in total. The summed E-state index contributed by atoms with van der Waals surface area (Å²) in [6, 6.07) is 13.9. The first kappa shape index (κ1) is 17.8. The predicted octanol–water partition coefficient (Wildman–Crippen LogP) is 4.55. The van der Waals surface area contributed by atoms with Crippen molar-refractivity contribution in [2.24, 2.45) is 0 Å². The zero-order valence-electron chi connectivity index (χ0n) is 14.3. The van der Waals surface area contributed by atoms with Gasteiger partial charge in [-0.3, -0.25) is 4.55 Å². The van der Waals surface area contributed by atoms with E-state index in [1.807, 2.05) is 30.3 Å². The topological polar surface area (TPSA) is 66.8 Å². The number of para-hydroxylation sites is 2. The van der Waals surface area contributed by atoms with Gasteiger partial charge in [-0.1, -0.05) is 31.5 Å². The highest BCUT2D eigenvalue weighted by molar-refractivity contribution is 7.85. The fourth-order valence-corrected chi connectivity index (χ4v) is 3.55. The minimum Gasteiger partial charge on any atom is -0.453 e. The van der Waals surface area contributed by atoms with Gasteiger partial charge in [-0.05, 0) is 49.1 Å². The second-order valence-electron chi connectivity index (χ2n) is 6.27. The summed E-state index contributed by atoms with van der Waals surface area (Å²) in [5.74, 6) is 1.30. The standard InChI is InChI=1S/C19H23NO4S/c1-2-3-7-15-10-11-17-19(14-15)24-18-9-5-4-8-16(18)20(17)12-6-13-25(21,22)23/h4-5,8-11,14H,2-3,6-7,12-13H2,1H3,(H,21,22,23). The number of rotatable bonds is 7. The fraction of sp³-hybridized carbons (Fsp3) is 0.368. The van der Waals surface area contributed by atoms with Crippen molar-refractivity contribution < 1.29 is 17.7 Å². The van der Waals surface area contributed by atoms with E-state index in [4.69, 9.17) is 9.29 Å². The van der Waals surface area contributed by atoms with Crippen LogP contribution in [0, 0.1) is 0 Å². The van der Waals surface area contributed by atoms with Gasteiger partial charge in [0.2, 0.25) is 0 Å². The molecule has 0 spiro atoms. The second-order valence-corrected chi connectivity index (χ2v) is 7.84. The van der Waals surface area contributed by atoms with Crippen LogP contribution in [0.4, 0.5) is 11.4 Å². The summed E-state index contributed by atoms with van der Waals surface area (Å²) in [6.07, 6.45) is 3.62. The van der Waals surface area contributed by atoms with Gasteiger partial charge in [-0.25, -0.2) is 0 Å². The molecule has 5 nitrogen and oxygen atoms in total. The molecule has 1 aliphatic rings. The first-order chi connectivity index (χ1) is 12.0. The molecule has 3 rings (SSSR count). The van der Waals surface area contributed by atoms with Gasteiger partial charge in [0, 0.05) is 6.54 Å². The normalized spacial score (nSPS) is 13.1. The van der Waals surface area contributed by atoms with Crippen LogP contribution >= 0.6 is 0 Å². The molecule has 0 saturated heterocycles. The Morgan fingerprint density at radius 3 is 2.56 bits per heavy atom. The second kappa shape index (κ2) is 7.45. The number of aryl methyl sites for hydroxylation is 1. The van der Waals surface area contributed by atoms with E-state index in [0.717, 1.165) is 42.1 Å². The molecule has 0 unspecified atom stereocenters. The third kappa shape index (κ3) is 4.32. The van der Waals surface area contributed by atoms with Crippen molar-refractivity contribution in [2.75, 3.05) is 17.2 Å². The van der Waals surface area contributed by atoms with Gasteiger partial charge >= 0.3 is 0 Å². The maximum Gasteiger partial charge on any atom is 0.264 e. The molecule has 6 heteroatoms. The third-order valence-corrected chi connectivity index (χ3v) is 5.10. The summed E-state index contributed by atoms with van der Waals surface area (Å²) >= 11 is 0. The average Bonchev–Trinajstić information content (AvgIpc) is 2.58. The molecule has 1 heterocycles. The van der Waals surface area contributed by atoms with Crippen LogP contribution in [0.5, 0.6) is 11.5 Å². The quantitative estimate of drug-likeness (QED) is 0.733. The molecule has 2 aromatic carbocycles. The Bertz CT molecular complexity index is 848. The molecule has 0 radical (unpaired) electrons. The summed E-state index contributed by atoms with van der Waals surface area (Å²) in [7, 11) is -3.95. The number of ether oxygens (including phenoxy) is 1. The molecule has 2 aromatic rings. The average molecular weight is 361 g/mol. The summed E-state index contributed by atoms with van der Waals surface area (Å²) in [4.78, 5) is 2.06. The molecular weight excluding hydrogens is 338 g/mol. The van der Waals surface area contributed by atoms with Crippen LogP contribution in [-0.2, 0) is 16.5 Å². The highest BCUT2D eigenvalue weighted by atomic mass is 32.2. The maximum absolute atomic E-state index is 11.0. The zero-order valence-corrected chi connectivity index (χ0v) is 15.1. The number of benzene rings is 2. The number of nitrogens with zero attached hydrogens (tertiary/aromatic N) is 1. The van der Waals surface area contributed by atoms with Crippen molar-refractivity contribution in [1.82, 2.24) is 0 Å². The lowest BCUT2D eigenvalue weighted by Gasteiger charge is -2.33. The SMILES string of the molecule is CCCCc1ccc2c(c1)Oc1ccccc1N2CCCS(=O)(=O)O. The van der Waals surface area contributed by atoms with Crippen LogP contribution in [-0.4, -0.2) is 25.3 Å². The van der Waals surface area contributed by atoms with E-state index in [0.29, 0.717) is 13.0 Å². The lowest BCUT2D eigenvalue weighted by Crippen LogP contribution is -2.24. The van der Waals surface area contributed by atoms with E-state index in [9.17, 15) is 8.42 Å². The van der Waals surface area contributed by atoms with E-state index in [-0.39, 0.29) is 5.75 Å². The van der Waals surface area contributed by atoms with Crippen LogP contribution in [0.15, 0.2) is 42.5 Å². The van der Waals surface area contributed by atoms with E-state index in [1.54, 1.807) is 0 Å². The fourth-order valence-electron chi connectivity index (χ4n) is 3.06. The summed E-state index contributed by atoms with van der Waals surface area (Å²) < 4.78 is 37.1. The monoisotopic (exact) mass is 361 g/mol. The van der Waals surface area contributed by atoms with Crippen LogP contribution in [0.2, 0.25) is 0 Å². The van der Waals surface area contributed by atoms with Crippen LogP contribution in [0.25, 0.3) is 0 Å². The van der Waals surface area contributed by atoms with E-state index in [2.05, 4.69) is 24.0 Å². The maximum atomic E-state index is 11.0. The molecule has 0 saturated carbocycles. The lowest BCUT2D eigenvalue weighted by atomic mass is 10.1. The Morgan fingerprint density at radius 2 is 1.80 bits per heavy atom. The number of hydrogen-bond acceptors (Lipinski definition) is 4. The predicted molar refractivity (Wildman–Crippen MR) is 99.6 cm³/mol. The van der Waals surface area contributed by atoms with Crippen molar-refractivity contribution in [1.29, 1.82) is 0 Å². The van der Waals surface area contributed by atoms with Crippen molar-refractivity contribution in [2.45, 2.75) is 32.6 Å². The van der Waals surface area contributed by atoms with E-state index < -0.39 is 10.1 Å². The summed E-state index contributed by atoms with van der Waals surface area (Å²) in [5, 5.41) is 0. The Kier molecular flexibility index (Phi) is 5.30. The van der Waals surface area contributed by atoms with Crippen molar-refractivity contribution in [3.63, 3.8) is 0 Å². The Balaban J connectivity index is 1.89. The van der Waals surface area contributed by atoms with Gasteiger partial charge in [0.05, 0.1) is 17.1 Å². The van der Waals surface area contributed by atoms with E-state index >= 15 is 0 Å². The highest BCUT2D eigenvalue weighted by Gasteiger charge is 2.24. The van der Waals surface area contributed by atoms with Gasteiger partial charge in [-0.15, -0.1) is 0 Å². The highest BCUT2D eigenvalue weighted by Crippen LogP contribution is 2.46. The minimum absolute atomic E-state index is 0.254. The molecule has 0 aromatic heterocycles. The smallest absolute Gasteiger partial charge is 0.264 e. The molecule has 134 valence electrons. The van der Waals surface area contributed by atoms with Crippen molar-refractivity contribution >= 4 is 21.5 Å². The van der Waals surface area contributed by atoms with Crippen LogP contribution in [0.3, 0.4) is 0 Å². The van der Waals surface area contributed by atoms with Crippen LogP contribution < -0.4 is 9.64 Å². The van der Waals surface area contributed by atoms with Gasteiger partial charge in [-0.2, -0.15) is 8.42 Å². The first-order valence-corrected chi connectivity index (χ1v) is 10.2. The van der Waals surface area contributed by atoms with E-state index in [1.165, 1.54) is 5.56 Å². The van der Waals surface area contributed by atoms with Gasteiger partial charge in [0.25, 0.3) is 10.1 Å². The summed E-state index contributed by atoms with van der Waals surface area (Å²) in [5.41, 5.74) is 3.07. The Labute approximate surface area is 149 Å². The molecule has 0 atom stereocenters. The zero-order chi connectivity index (χ0) is 17.9. The molecule has 1 aliphatic heterocycles. The Morgan fingerprint density at radius 1 is 1.04 bits per heavy atom. The third-order valence-electron chi connectivity index (χ3n) is 4.29. The number of unbranched alkanes of at least 4 members (excludes halogenated alkanes) is 1. The van der Waals surface area contributed by atoms with Crippen molar-refractivity contribution in [3.8, 4) is 11.5 Å². The van der Waals surface area contributed by atoms with Gasteiger partial charge in [0.15, 0.2) is 11.5 Å². The molecule has 0 aliphatic carbocycles. The first-order valence-electron chi connectivity index (χ1n) is 8.60. The molecule has 25 heavy (non-hydrogen) atoms. The van der Waals surface area contributed by atoms with Crippen LogP contribution in [0.1, 0.15) is 31.7 Å². The number of fused-ring (bicyclic) bond motifs is 2. The minimum atomic E-state index is -3.95.